The van der Waals surface area contributed by atoms with Crippen LogP contribution in [-0.2, 0) is 4.74 Å². The van der Waals surface area contributed by atoms with E-state index in [2.05, 4.69) is 5.32 Å². The van der Waals surface area contributed by atoms with E-state index in [4.69, 9.17) is 9.47 Å². The summed E-state index contributed by atoms with van der Waals surface area (Å²) in [5.41, 5.74) is 0. The summed E-state index contributed by atoms with van der Waals surface area (Å²) in [5, 5.41) is 3.28. The molecule has 1 aromatic rings. The van der Waals surface area contributed by atoms with Crippen molar-refractivity contribution >= 4 is 0 Å². The molecule has 1 saturated heterocycles. The van der Waals surface area contributed by atoms with Gasteiger partial charge in [0.1, 0.15) is 18.2 Å². The first kappa shape index (κ1) is 10.4. The SMILES string of the molecule is Fc1ccc(OCC2COCCN2)cc1. The summed E-state index contributed by atoms with van der Waals surface area (Å²) in [6, 6.07) is 6.25. The predicted octanol–water partition coefficient (Wildman–Crippen LogP) is 1.19. The number of hydrogen-bond acceptors (Lipinski definition) is 3. The van der Waals surface area contributed by atoms with Crippen LogP contribution in [0.4, 0.5) is 4.39 Å². The largest absolute Gasteiger partial charge is 0.492 e. The zero-order valence-corrected chi connectivity index (χ0v) is 8.41. The van der Waals surface area contributed by atoms with Crippen LogP contribution in [0.1, 0.15) is 0 Å². The van der Waals surface area contributed by atoms with Gasteiger partial charge in [0.25, 0.3) is 0 Å². The Morgan fingerprint density at radius 2 is 2.20 bits per heavy atom. The summed E-state index contributed by atoms with van der Waals surface area (Å²) in [6.45, 7) is 2.83. The van der Waals surface area contributed by atoms with Crippen LogP contribution in [0.5, 0.6) is 5.75 Å². The Labute approximate surface area is 88.2 Å². The van der Waals surface area contributed by atoms with Crippen molar-refractivity contribution in [2.45, 2.75) is 6.04 Å². The van der Waals surface area contributed by atoms with Crippen molar-refractivity contribution in [1.29, 1.82) is 0 Å². The third kappa shape index (κ3) is 3.18. The van der Waals surface area contributed by atoms with Crippen LogP contribution in [0.15, 0.2) is 24.3 Å². The van der Waals surface area contributed by atoms with Gasteiger partial charge in [0, 0.05) is 6.54 Å². The highest BCUT2D eigenvalue weighted by Crippen LogP contribution is 2.11. The first-order valence-corrected chi connectivity index (χ1v) is 5.04. The smallest absolute Gasteiger partial charge is 0.123 e. The van der Waals surface area contributed by atoms with Crippen LogP contribution < -0.4 is 10.1 Å². The molecule has 1 unspecified atom stereocenters. The maximum atomic E-state index is 12.6. The van der Waals surface area contributed by atoms with E-state index in [0.717, 1.165) is 13.2 Å². The van der Waals surface area contributed by atoms with E-state index in [1.165, 1.54) is 12.1 Å². The van der Waals surface area contributed by atoms with E-state index in [1.54, 1.807) is 12.1 Å². The summed E-state index contributed by atoms with van der Waals surface area (Å²) in [5.74, 6) is 0.435. The molecule has 0 aliphatic carbocycles. The van der Waals surface area contributed by atoms with Gasteiger partial charge in [-0.3, -0.25) is 0 Å². The third-order valence-corrected chi connectivity index (χ3v) is 2.26. The molecule has 1 fully saturated rings. The third-order valence-electron chi connectivity index (χ3n) is 2.26. The summed E-state index contributed by atoms with van der Waals surface area (Å²) >= 11 is 0. The van der Waals surface area contributed by atoms with Gasteiger partial charge in [0.05, 0.1) is 19.3 Å². The Morgan fingerprint density at radius 3 is 2.87 bits per heavy atom. The molecule has 1 aromatic carbocycles. The quantitative estimate of drug-likeness (QED) is 0.814. The normalized spacial score (nSPS) is 21.3. The van der Waals surface area contributed by atoms with Gasteiger partial charge in [0.15, 0.2) is 0 Å². The van der Waals surface area contributed by atoms with Crippen molar-refractivity contribution in [2.75, 3.05) is 26.4 Å². The molecular formula is C11H14FNO2. The van der Waals surface area contributed by atoms with Crippen LogP contribution in [0.3, 0.4) is 0 Å². The summed E-state index contributed by atoms with van der Waals surface area (Å²) in [7, 11) is 0. The second-order valence-corrected chi connectivity index (χ2v) is 3.49. The van der Waals surface area contributed by atoms with Crippen LogP contribution in [0.2, 0.25) is 0 Å². The van der Waals surface area contributed by atoms with E-state index in [-0.39, 0.29) is 11.9 Å². The highest BCUT2D eigenvalue weighted by Gasteiger charge is 2.13. The average molecular weight is 211 g/mol. The lowest BCUT2D eigenvalue weighted by Crippen LogP contribution is -2.44. The van der Waals surface area contributed by atoms with Gasteiger partial charge in [-0.05, 0) is 24.3 Å². The van der Waals surface area contributed by atoms with Crippen molar-refractivity contribution < 1.29 is 13.9 Å². The minimum absolute atomic E-state index is 0.226. The van der Waals surface area contributed by atoms with Crippen molar-refractivity contribution in [3.8, 4) is 5.75 Å². The predicted molar refractivity (Wildman–Crippen MR) is 54.5 cm³/mol. The fourth-order valence-electron chi connectivity index (χ4n) is 1.45. The van der Waals surface area contributed by atoms with Crippen LogP contribution in [-0.4, -0.2) is 32.4 Å². The first-order chi connectivity index (χ1) is 7.34. The molecule has 0 radical (unpaired) electrons. The molecule has 1 aliphatic heterocycles. The van der Waals surface area contributed by atoms with Gasteiger partial charge in [-0.15, -0.1) is 0 Å². The Balaban J connectivity index is 1.79. The van der Waals surface area contributed by atoms with Crippen LogP contribution >= 0.6 is 0 Å². The van der Waals surface area contributed by atoms with Gasteiger partial charge in [-0.2, -0.15) is 0 Å². The molecule has 0 spiro atoms. The average Bonchev–Trinajstić information content (AvgIpc) is 2.30. The minimum atomic E-state index is -0.249. The van der Waals surface area contributed by atoms with Crippen molar-refractivity contribution in [3.05, 3.63) is 30.1 Å². The highest BCUT2D eigenvalue weighted by atomic mass is 19.1. The molecule has 15 heavy (non-hydrogen) atoms. The van der Waals surface area contributed by atoms with E-state index in [0.29, 0.717) is 19.0 Å². The number of nitrogens with one attached hydrogen (secondary N) is 1. The number of benzene rings is 1. The second kappa shape index (κ2) is 5.09. The van der Waals surface area contributed by atoms with Gasteiger partial charge < -0.3 is 14.8 Å². The monoisotopic (exact) mass is 211 g/mol. The summed E-state index contributed by atoms with van der Waals surface area (Å²) in [6.07, 6.45) is 0. The van der Waals surface area contributed by atoms with Crippen molar-refractivity contribution in [3.63, 3.8) is 0 Å². The minimum Gasteiger partial charge on any atom is -0.492 e. The zero-order valence-electron chi connectivity index (χ0n) is 8.41. The van der Waals surface area contributed by atoms with E-state index < -0.39 is 0 Å². The van der Waals surface area contributed by atoms with E-state index in [9.17, 15) is 4.39 Å². The van der Waals surface area contributed by atoms with Crippen molar-refractivity contribution in [1.82, 2.24) is 5.32 Å². The number of rotatable bonds is 3. The van der Waals surface area contributed by atoms with Gasteiger partial charge in [-0.1, -0.05) is 0 Å². The number of morpholine rings is 1. The molecule has 1 aliphatic rings. The fourth-order valence-corrected chi connectivity index (χ4v) is 1.45. The molecule has 2 rings (SSSR count). The molecule has 1 heterocycles. The maximum absolute atomic E-state index is 12.6. The molecule has 3 nitrogen and oxygen atoms in total. The van der Waals surface area contributed by atoms with E-state index >= 15 is 0 Å². The fraction of sp³-hybridized carbons (Fsp3) is 0.455. The lowest BCUT2D eigenvalue weighted by Gasteiger charge is -2.23. The number of ether oxygens (including phenoxy) is 2. The Morgan fingerprint density at radius 1 is 1.40 bits per heavy atom. The Kier molecular flexibility index (Phi) is 3.53. The maximum Gasteiger partial charge on any atom is 0.123 e. The lowest BCUT2D eigenvalue weighted by atomic mass is 10.3. The van der Waals surface area contributed by atoms with E-state index in [1.807, 2.05) is 0 Å². The summed E-state index contributed by atoms with van der Waals surface area (Å²) in [4.78, 5) is 0. The molecule has 0 saturated carbocycles. The molecular weight excluding hydrogens is 197 g/mol. The molecule has 0 amide bonds. The molecule has 1 atom stereocenters. The van der Waals surface area contributed by atoms with Crippen LogP contribution in [0.25, 0.3) is 0 Å². The standard InChI is InChI=1S/C11H14FNO2/c12-9-1-3-11(4-2-9)15-8-10-7-14-6-5-13-10/h1-4,10,13H,5-8H2. The Hall–Kier alpha value is -1.13. The van der Waals surface area contributed by atoms with Gasteiger partial charge in [0.2, 0.25) is 0 Å². The first-order valence-electron chi connectivity index (χ1n) is 5.04. The van der Waals surface area contributed by atoms with Gasteiger partial charge in [-0.25, -0.2) is 4.39 Å². The zero-order chi connectivity index (χ0) is 10.5. The molecule has 0 bridgehead atoms. The van der Waals surface area contributed by atoms with Crippen molar-refractivity contribution in [2.24, 2.45) is 0 Å². The molecule has 4 heteroatoms. The lowest BCUT2D eigenvalue weighted by molar-refractivity contribution is 0.0592. The number of halogens is 1. The topological polar surface area (TPSA) is 30.5 Å². The molecule has 82 valence electrons. The second-order valence-electron chi connectivity index (χ2n) is 3.49. The molecule has 1 N–H and O–H groups in total. The highest BCUT2D eigenvalue weighted by molar-refractivity contribution is 5.22. The van der Waals surface area contributed by atoms with Crippen LogP contribution in [0, 0.1) is 5.82 Å². The Bertz CT molecular complexity index is 296. The summed E-state index contributed by atoms with van der Waals surface area (Å²) < 4.78 is 23.4. The van der Waals surface area contributed by atoms with Gasteiger partial charge >= 0.3 is 0 Å². The molecule has 0 aromatic heterocycles. The number of hydrogen-bond donors (Lipinski definition) is 1.